The van der Waals surface area contributed by atoms with Gasteiger partial charge in [0.2, 0.25) is 0 Å². The van der Waals surface area contributed by atoms with Crippen LogP contribution in [0.1, 0.15) is 43.4 Å². The normalized spacial score (nSPS) is 26.4. The van der Waals surface area contributed by atoms with E-state index in [4.69, 9.17) is 0 Å². The summed E-state index contributed by atoms with van der Waals surface area (Å²) in [5.41, 5.74) is 2.77. The lowest BCUT2D eigenvalue weighted by atomic mass is 10.0. The molecule has 2 atom stereocenters. The van der Waals surface area contributed by atoms with E-state index in [-0.39, 0.29) is 0 Å². The quantitative estimate of drug-likeness (QED) is 0.876. The molecule has 1 aliphatic carbocycles. The summed E-state index contributed by atoms with van der Waals surface area (Å²) in [5.74, 6) is 0. The van der Waals surface area contributed by atoms with Gasteiger partial charge < -0.3 is 5.32 Å². The SMILES string of the molecule is Cc1cccc([C@H](C)NC2CCN(C3CC3)C2)c1. The van der Waals surface area contributed by atoms with Crippen molar-refractivity contribution in [3.05, 3.63) is 35.4 Å². The van der Waals surface area contributed by atoms with Gasteiger partial charge in [0.15, 0.2) is 0 Å². The summed E-state index contributed by atoms with van der Waals surface area (Å²) in [6.45, 7) is 7.00. The highest BCUT2D eigenvalue weighted by molar-refractivity contribution is 5.24. The summed E-state index contributed by atoms with van der Waals surface area (Å²) >= 11 is 0. The van der Waals surface area contributed by atoms with Crippen molar-refractivity contribution in [1.82, 2.24) is 10.2 Å². The Bertz CT molecular complexity index is 411. The van der Waals surface area contributed by atoms with Crippen LogP contribution in [0.4, 0.5) is 0 Å². The fraction of sp³-hybridized carbons (Fsp3) is 0.625. The standard InChI is InChI=1S/C16H24N2/c1-12-4-3-5-14(10-12)13(2)17-15-8-9-18(11-15)16-6-7-16/h3-5,10,13,15-17H,6-9,11H2,1-2H3/t13-,15?/m0/s1. The predicted octanol–water partition coefficient (Wildman–Crippen LogP) is 2.88. The molecule has 1 unspecified atom stereocenters. The summed E-state index contributed by atoms with van der Waals surface area (Å²) in [7, 11) is 0. The summed E-state index contributed by atoms with van der Waals surface area (Å²) in [6, 6.07) is 10.9. The number of nitrogens with one attached hydrogen (secondary N) is 1. The first kappa shape index (κ1) is 12.2. The predicted molar refractivity (Wildman–Crippen MR) is 75.7 cm³/mol. The van der Waals surface area contributed by atoms with Gasteiger partial charge in [0.25, 0.3) is 0 Å². The van der Waals surface area contributed by atoms with E-state index >= 15 is 0 Å². The molecular weight excluding hydrogens is 220 g/mol. The number of nitrogens with zero attached hydrogens (tertiary/aromatic N) is 1. The van der Waals surface area contributed by atoms with E-state index in [1.54, 1.807) is 0 Å². The first-order chi connectivity index (χ1) is 8.72. The molecule has 0 aromatic heterocycles. The average molecular weight is 244 g/mol. The van der Waals surface area contributed by atoms with Crippen molar-refractivity contribution in [2.45, 2.75) is 51.2 Å². The Labute approximate surface area is 110 Å². The maximum atomic E-state index is 3.79. The van der Waals surface area contributed by atoms with Gasteiger partial charge >= 0.3 is 0 Å². The highest BCUT2D eigenvalue weighted by Crippen LogP contribution is 2.30. The molecule has 1 aliphatic heterocycles. The van der Waals surface area contributed by atoms with E-state index < -0.39 is 0 Å². The minimum Gasteiger partial charge on any atom is -0.306 e. The zero-order valence-corrected chi connectivity index (χ0v) is 11.5. The van der Waals surface area contributed by atoms with Gasteiger partial charge in [-0.05, 0) is 38.7 Å². The van der Waals surface area contributed by atoms with Gasteiger partial charge in [-0.3, -0.25) is 4.90 Å². The second-order valence-electron chi connectivity index (χ2n) is 6.01. The molecule has 0 spiro atoms. The summed E-state index contributed by atoms with van der Waals surface area (Å²) in [5, 5.41) is 3.79. The fourth-order valence-corrected chi connectivity index (χ4v) is 3.08. The number of hydrogen-bond donors (Lipinski definition) is 1. The molecule has 0 bridgehead atoms. The number of benzene rings is 1. The molecule has 0 amide bonds. The summed E-state index contributed by atoms with van der Waals surface area (Å²) < 4.78 is 0. The van der Waals surface area contributed by atoms with Crippen LogP contribution >= 0.6 is 0 Å². The Hall–Kier alpha value is -0.860. The molecular formula is C16H24N2. The minimum absolute atomic E-state index is 0.467. The zero-order chi connectivity index (χ0) is 12.5. The Balaban J connectivity index is 1.56. The Morgan fingerprint density at radius 1 is 1.28 bits per heavy atom. The highest BCUT2D eigenvalue weighted by Gasteiger charge is 2.34. The van der Waals surface area contributed by atoms with Crippen LogP contribution in [0.15, 0.2) is 24.3 Å². The van der Waals surface area contributed by atoms with Gasteiger partial charge in [0, 0.05) is 31.2 Å². The molecule has 2 fully saturated rings. The molecule has 3 rings (SSSR count). The third kappa shape index (κ3) is 2.76. The van der Waals surface area contributed by atoms with Crippen LogP contribution in [0.3, 0.4) is 0 Å². The maximum absolute atomic E-state index is 3.79. The van der Waals surface area contributed by atoms with Crippen molar-refractivity contribution in [2.75, 3.05) is 13.1 Å². The first-order valence-corrected chi connectivity index (χ1v) is 7.29. The molecule has 2 heteroatoms. The first-order valence-electron chi connectivity index (χ1n) is 7.29. The molecule has 1 aromatic rings. The number of likely N-dealkylation sites (tertiary alicyclic amines) is 1. The van der Waals surface area contributed by atoms with E-state index in [9.17, 15) is 0 Å². The van der Waals surface area contributed by atoms with Crippen LogP contribution in [0.2, 0.25) is 0 Å². The van der Waals surface area contributed by atoms with Gasteiger partial charge in [0.1, 0.15) is 0 Å². The second kappa shape index (κ2) is 5.02. The van der Waals surface area contributed by atoms with Crippen LogP contribution in [0.25, 0.3) is 0 Å². The molecule has 1 saturated carbocycles. The highest BCUT2D eigenvalue weighted by atomic mass is 15.2. The van der Waals surface area contributed by atoms with Gasteiger partial charge in [-0.15, -0.1) is 0 Å². The summed E-state index contributed by atoms with van der Waals surface area (Å²) in [6.07, 6.45) is 4.17. The van der Waals surface area contributed by atoms with Crippen molar-refractivity contribution in [2.24, 2.45) is 0 Å². The summed E-state index contributed by atoms with van der Waals surface area (Å²) in [4.78, 5) is 2.67. The van der Waals surface area contributed by atoms with Crippen molar-refractivity contribution < 1.29 is 0 Å². The third-order valence-corrected chi connectivity index (χ3v) is 4.31. The molecule has 18 heavy (non-hydrogen) atoms. The van der Waals surface area contributed by atoms with Gasteiger partial charge in [-0.2, -0.15) is 0 Å². The third-order valence-electron chi connectivity index (χ3n) is 4.31. The minimum atomic E-state index is 0.467. The fourth-order valence-electron chi connectivity index (χ4n) is 3.08. The monoisotopic (exact) mass is 244 g/mol. The van der Waals surface area contributed by atoms with Crippen LogP contribution in [0.5, 0.6) is 0 Å². The van der Waals surface area contributed by atoms with E-state index in [1.807, 2.05) is 0 Å². The molecule has 98 valence electrons. The number of aryl methyl sites for hydroxylation is 1. The smallest absolute Gasteiger partial charge is 0.0294 e. The van der Waals surface area contributed by atoms with E-state index in [1.165, 1.54) is 43.5 Å². The maximum Gasteiger partial charge on any atom is 0.0294 e. The average Bonchev–Trinajstić information content (AvgIpc) is 3.11. The van der Waals surface area contributed by atoms with Crippen LogP contribution < -0.4 is 5.32 Å². The van der Waals surface area contributed by atoms with Crippen molar-refractivity contribution >= 4 is 0 Å². The second-order valence-corrected chi connectivity index (χ2v) is 6.01. The van der Waals surface area contributed by atoms with Crippen molar-refractivity contribution in [1.29, 1.82) is 0 Å². The van der Waals surface area contributed by atoms with E-state index in [0.717, 1.165) is 6.04 Å². The lowest BCUT2D eigenvalue weighted by Gasteiger charge is -2.21. The molecule has 0 radical (unpaired) electrons. The number of rotatable bonds is 4. The Morgan fingerprint density at radius 2 is 2.11 bits per heavy atom. The Morgan fingerprint density at radius 3 is 2.83 bits per heavy atom. The van der Waals surface area contributed by atoms with E-state index in [2.05, 4.69) is 48.3 Å². The molecule has 1 aromatic carbocycles. The topological polar surface area (TPSA) is 15.3 Å². The van der Waals surface area contributed by atoms with Crippen LogP contribution in [-0.4, -0.2) is 30.1 Å². The lowest BCUT2D eigenvalue weighted by Crippen LogP contribution is -2.34. The Kier molecular flexibility index (Phi) is 3.40. The van der Waals surface area contributed by atoms with Crippen molar-refractivity contribution in [3.8, 4) is 0 Å². The largest absolute Gasteiger partial charge is 0.306 e. The molecule has 1 saturated heterocycles. The molecule has 1 N–H and O–H groups in total. The van der Waals surface area contributed by atoms with Crippen LogP contribution in [-0.2, 0) is 0 Å². The number of hydrogen-bond acceptors (Lipinski definition) is 2. The van der Waals surface area contributed by atoms with E-state index in [0.29, 0.717) is 12.1 Å². The van der Waals surface area contributed by atoms with Gasteiger partial charge in [-0.25, -0.2) is 0 Å². The molecule has 1 heterocycles. The molecule has 2 nitrogen and oxygen atoms in total. The van der Waals surface area contributed by atoms with Gasteiger partial charge in [-0.1, -0.05) is 29.8 Å². The lowest BCUT2D eigenvalue weighted by molar-refractivity contribution is 0.313. The van der Waals surface area contributed by atoms with Gasteiger partial charge in [0.05, 0.1) is 0 Å². The molecule has 2 aliphatic rings. The van der Waals surface area contributed by atoms with Crippen molar-refractivity contribution in [3.63, 3.8) is 0 Å². The zero-order valence-electron chi connectivity index (χ0n) is 11.5. The van der Waals surface area contributed by atoms with Crippen LogP contribution in [0, 0.1) is 6.92 Å².